The molecule has 4 heterocycles. The molecule has 290 valence electrons. The van der Waals surface area contributed by atoms with Crippen LogP contribution in [0.15, 0.2) is 224 Å². The van der Waals surface area contributed by atoms with Crippen LogP contribution in [-0.2, 0) is 0 Å². The molecule has 0 saturated carbocycles. The first-order chi connectivity index (χ1) is 30.7. The molecule has 0 radical (unpaired) electrons. The first-order valence-corrected chi connectivity index (χ1v) is 20.9. The van der Waals surface area contributed by atoms with Gasteiger partial charge in [0, 0.05) is 38.2 Å². The molecule has 0 bridgehead atoms. The fourth-order valence-corrected chi connectivity index (χ4v) is 9.00. The van der Waals surface area contributed by atoms with E-state index in [-0.39, 0.29) is 0 Å². The van der Waals surface area contributed by atoms with E-state index >= 15 is 0 Å². The Morgan fingerprint density at radius 1 is 0.242 bits per heavy atom. The SMILES string of the molecule is c1ccc(-c2cc(-c3ccccc3)nc(-n3c4ccccc4c4cc(-c5ccc6c(c5)c5ccccc5n6-c5nc(-c6ccccc6)cc(-c6ccccc6)n5)ccc43)c2)cc1. The van der Waals surface area contributed by atoms with Crippen molar-refractivity contribution in [3.05, 3.63) is 224 Å². The molecule has 0 unspecified atom stereocenters. The molecule has 5 heteroatoms. The van der Waals surface area contributed by atoms with Crippen LogP contribution in [0.4, 0.5) is 0 Å². The van der Waals surface area contributed by atoms with Crippen molar-refractivity contribution in [1.82, 2.24) is 24.1 Å². The topological polar surface area (TPSA) is 48.5 Å². The van der Waals surface area contributed by atoms with Crippen LogP contribution in [0.3, 0.4) is 0 Å². The number of aromatic nitrogens is 5. The summed E-state index contributed by atoms with van der Waals surface area (Å²) in [5, 5.41) is 4.65. The summed E-state index contributed by atoms with van der Waals surface area (Å²) in [5.74, 6) is 1.52. The summed E-state index contributed by atoms with van der Waals surface area (Å²) in [7, 11) is 0. The molecule has 0 N–H and O–H groups in total. The Hall–Kier alpha value is -8.41. The summed E-state index contributed by atoms with van der Waals surface area (Å²) in [5.41, 5.74) is 14.7. The summed E-state index contributed by atoms with van der Waals surface area (Å²) in [6.07, 6.45) is 0. The van der Waals surface area contributed by atoms with E-state index in [0.717, 1.165) is 94.7 Å². The summed E-state index contributed by atoms with van der Waals surface area (Å²) in [6.45, 7) is 0. The standard InChI is InChI=1S/C57H37N5/c1-5-17-38(18-6-1)44-35-49(39-19-7-2-8-20-39)58-56(36-44)61-52-27-15-13-25-45(52)47-33-42(29-31-54(47)61)43-30-32-55-48(34-43)46-26-14-16-28-53(46)62(55)57-59-50(40-21-9-3-10-22-40)37-51(60-57)41-23-11-4-12-24-41/h1-37H. The summed E-state index contributed by atoms with van der Waals surface area (Å²) < 4.78 is 4.53. The molecule has 0 aliphatic rings. The van der Waals surface area contributed by atoms with Crippen LogP contribution in [0, 0.1) is 0 Å². The third kappa shape index (κ3) is 6.06. The minimum atomic E-state index is 0.638. The van der Waals surface area contributed by atoms with E-state index in [1.807, 2.05) is 18.2 Å². The maximum absolute atomic E-state index is 5.34. The second kappa shape index (κ2) is 14.7. The highest BCUT2D eigenvalue weighted by atomic mass is 15.2. The molecule has 12 rings (SSSR count). The number of hydrogen-bond donors (Lipinski definition) is 0. The van der Waals surface area contributed by atoms with Gasteiger partial charge in [-0.1, -0.05) is 170 Å². The van der Waals surface area contributed by atoms with Crippen LogP contribution < -0.4 is 0 Å². The number of fused-ring (bicyclic) bond motifs is 6. The van der Waals surface area contributed by atoms with Crippen LogP contribution in [0.1, 0.15) is 0 Å². The van der Waals surface area contributed by atoms with Crippen molar-refractivity contribution in [1.29, 1.82) is 0 Å². The number of nitrogens with zero attached hydrogens (tertiary/aromatic N) is 5. The molecule has 0 fully saturated rings. The maximum Gasteiger partial charge on any atom is 0.235 e. The van der Waals surface area contributed by atoms with Gasteiger partial charge in [-0.15, -0.1) is 0 Å². The van der Waals surface area contributed by atoms with Crippen molar-refractivity contribution in [2.24, 2.45) is 0 Å². The summed E-state index contributed by atoms with van der Waals surface area (Å²) in [6, 6.07) is 79.1. The van der Waals surface area contributed by atoms with Gasteiger partial charge in [0.2, 0.25) is 5.95 Å². The van der Waals surface area contributed by atoms with E-state index in [4.69, 9.17) is 15.0 Å². The predicted octanol–water partition coefficient (Wildman–Crippen LogP) is 14.4. The molecule has 0 spiro atoms. The smallest absolute Gasteiger partial charge is 0.235 e. The van der Waals surface area contributed by atoms with Gasteiger partial charge in [-0.3, -0.25) is 9.13 Å². The number of pyridine rings is 1. The van der Waals surface area contributed by atoms with E-state index in [1.165, 1.54) is 10.8 Å². The van der Waals surface area contributed by atoms with Gasteiger partial charge in [-0.25, -0.2) is 15.0 Å². The molecule has 5 nitrogen and oxygen atoms in total. The van der Waals surface area contributed by atoms with Crippen molar-refractivity contribution in [2.45, 2.75) is 0 Å². The van der Waals surface area contributed by atoms with Crippen molar-refractivity contribution < 1.29 is 0 Å². The average molecular weight is 792 g/mol. The highest BCUT2D eigenvalue weighted by Gasteiger charge is 2.20. The van der Waals surface area contributed by atoms with Crippen molar-refractivity contribution in [3.8, 4) is 67.8 Å². The maximum atomic E-state index is 5.34. The molecule has 0 aliphatic carbocycles. The van der Waals surface area contributed by atoms with Gasteiger partial charge in [-0.2, -0.15) is 0 Å². The zero-order valence-electron chi connectivity index (χ0n) is 33.6. The monoisotopic (exact) mass is 791 g/mol. The van der Waals surface area contributed by atoms with Crippen LogP contribution in [0.25, 0.3) is 111 Å². The molecule has 4 aromatic heterocycles. The van der Waals surface area contributed by atoms with Crippen LogP contribution in [0.2, 0.25) is 0 Å². The molecular weight excluding hydrogens is 755 g/mol. The molecule has 8 aromatic carbocycles. The van der Waals surface area contributed by atoms with Crippen molar-refractivity contribution >= 4 is 43.6 Å². The van der Waals surface area contributed by atoms with Gasteiger partial charge < -0.3 is 0 Å². The quantitative estimate of drug-likeness (QED) is 0.162. The third-order valence-corrected chi connectivity index (χ3v) is 11.9. The number of hydrogen-bond acceptors (Lipinski definition) is 3. The lowest BCUT2D eigenvalue weighted by molar-refractivity contribution is 0.995. The molecule has 0 saturated heterocycles. The van der Waals surface area contributed by atoms with Crippen LogP contribution in [-0.4, -0.2) is 24.1 Å². The minimum absolute atomic E-state index is 0.638. The summed E-state index contributed by atoms with van der Waals surface area (Å²) >= 11 is 0. The Morgan fingerprint density at radius 3 is 1.16 bits per heavy atom. The van der Waals surface area contributed by atoms with Gasteiger partial charge >= 0.3 is 0 Å². The van der Waals surface area contributed by atoms with E-state index in [1.54, 1.807) is 0 Å². The van der Waals surface area contributed by atoms with Gasteiger partial charge in [0.05, 0.1) is 39.1 Å². The van der Waals surface area contributed by atoms with E-state index < -0.39 is 0 Å². The second-order valence-corrected chi connectivity index (χ2v) is 15.7. The van der Waals surface area contributed by atoms with Crippen LogP contribution in [0.5, 0.6) is 0 Å². The van der Waals surface area contributed by atoms with Crippen LogP contribution >= 0.6 is 0 Å². The van der Waals surface area contributed by atoms with Gasteiger partial charge in [0.1, 0.15) is 5.82 Å². The van der Waals surface area contributed by atoms with Gasteiger partial charge in [0.15, 0.2) is 0 Å². The number of para-hydroxylation sites is 2. The molecule has 62 heavy (non-hydrogen) atoms. The highest BCUT2D eigenvalue weighted by molar-refractivity contribution is 6.12. The predicted molar refractivity (Wildman–Crippen MR) is 256 cm³/mol. The molecule has 0 amide bonds. The van der Waals surface area contributed by atoms with E-state index in [9.17, 15) is 0 Å². The zero-order valence-corrected chi connectivity index (χ0v) is 33.6. The highest BCUT2D eigenvalue weighted by Crippen LogP contribution is 2.39. The average Bonchev–Trinajstić information content (AvgIpc) is 3.87. The first kappa shape index (κ1) is 35.5. The fraction of sp³-hybridized carbons (Fsp3) is 0. The third-order valence-electron chi connectivity index (χ3n) is 11.9. The molecule has 0 aliphatic heterocycles. The Labute approximate surface area is 358 Å². The first-order valence-electron chi connectivity index (χ1n) is 20.9. The van der Waals surface area contributed by atoms with Gasteiger partial charge in [0.25, 0.3) is 0 Å². The van der Waals surface area contributed by atoms with Crippen molar-refractivity contribution in [3.63, 3.8) is 0 Å². The lowest BCUT2D eigenvalue weighted by Gasteiger charge is -2.13. The molecule has 0 atom stereocenters. The number of rotatable bonds is 7. The minimum Gasteiger partial charge on any atom is -0.294 e. The Morgan fingerprint density at radius 2 is 0.645 bits per heavy atom. The molecular formula is C57H37N5. The van der Waals surface area contributed by atoms with Gasteiger partial charge in [-0.05, 0) is 76.9 Å². The lowest BCUT2D eigenvalue weighted by Crippen LogP contribution is -2.03. The van der Waals surface area contributed by atoms with E-state index in [2.05, 4.69) is 215 Å². The largest absolute Gasteiger partial charge is 0.294 e. The number of benzene rings is 8. The normalized spacial score (nSPS) is 11.5. The fourth-order valence-electron chi connectivity index (χ4n) is 9.00. The second-order valence-electron chi connectivity index (χ2n) is 15.7. The summed E-state index contributed by atoms with van der Waals surface area (Å²) in [4.78, 5) is 15.8. The zero-order chi connectivity index (χ0) is 41.0. The Balaban J connectivity index is 1.02. The lowest BCUT2D eigenvalue weighted by atomic mass is 10.0. The van der Waals surface area contributed by atoms with E-state index in [0.29, 0.717) is 5.95 Å². The van der Waals surface area contributed by atoms with Crippen molar-refractivity contribution in [2.75, 3.05) is 0 Å². The Bertz CT molecular complexity index is 3250. The Kier molecular flexibility index (Phi) is 8.42. The molecule has 12 aromatic rings.